The molecule has 8 aromatic carbocycles. The van der Waals surface area contributed by atoms with Crippen LogP contribution in [0.25, 0.3) is 60.2 Å². The van der Waals surface area contributed by atoms with E-state index in [2.05, 4.69) is 179 Å². The molecule has 9 aromatic rings. The number of anilines is 2. The van der Waals surface area contributed by atoms with Gasteiger partial charge in [0.15, 0.2) is 12.5 Å². The van der Waals surface area contributed by atoms with Crippen LogP contribution in [0.4, 0.5) is 17.1 Å². The van der Waals surface area contributed by atoms with Crippen molar-refractivity contribution >= 4 is 67.1 Å². The van der Waals surface area contributed by atoms with Gasteiger partial charge in [0.05, 0.1) is 11.0 Å². The highest BCUT2D eigenvalue weighted by Crippen LogP contribution is 2.39. The van der Waals surface area contributed by atoms with Gasteiger partial charge in [-0.2, -0.15) is 0 Å². The van der Waals surface area contributed by atoms with Crippen molar-refractivity contribution < 1.29 is 4.74 Å². The molecule has 0 radical (unpaired) electrons. The largest absolute Gasteiger partial charge is 0.470 e. The third-order valence-electron chi connectivity index (χ3n) is 9.61. The summed E-state index contributed by atoms with van der Waals surface area (Å²) < 4.78 is 9.09. The number of ether oxygens (including phenoxy) is 1. The van der Waals surface area contributed by atoms with E-state index in [0.717, 1.165) is 50.4 Å². The Morgan fingerprint density at radius 2 is 1.14 bits per heavy atom. The zero-order valence-corrected chi connectivity index (χ0v) is 27.4. The number of hydrogen-bond donors (Lipinski definition) is 0. The molecule has 0 atom stereocenters. The van der Waals surface area contributed by atoms with E-state index in [9.17, 15) is 0 Å². The average Bonchev–Trinajstić information content (AvgIpc) is 3.52. The van der Waals surface area contributed by atoms with Crippen molar-refractivity contribution in [2.24, 2.45) is 4.99 Å². The van der Waals surface area contributed by atoms with E-state index in [1.807, 2.05) is 18.2 Å². The van der Waals surface area contributed by atoms with Gasteiger partial charge in [0, 0.05) is 33.2 Å². The van der Waals surface area contributed by atoms with Crippen molar-refractivity contribution in [2.75, 3.05) is 11.6 Å². The van der Waals surface area contributed by atoms with Crippen LogP contribution in [0.15, 0.2) is 181 Å². The summed E-state index contributed by atoms with van der Waals surface area (Å²) in [5, 5.41) is 6.98. The molecule has 9 rings (SSSR count). The predicted molar refractivity (Wildman–Crippen MR) is 211 cm³/mol. The van der Waals surface area contributed by atoms with Crippen molar-refractivity contribution in [1.82, 2.24) is 4.57 Å². The molecule has 238 valence electrons. The summed E-state index contributed by atoms with van der Waals surface area (Å²) in [6, 6.07) is 62.0. The molecule has 0 aliphatic heterocycles. The minimum atomic E-state index is 0.267. The monoisotopic (exact) mass is 643 g/mol. The second-order valence-corrected chi connectivity index (χ2v) is 12.5. The van der Waals surface area contributed by atoms with Gasteiger partial charge >= 0.3 is 0 Å². The number of benzene rings is 8. The third kappa shape index (κ3) is 5.15. The third-order valence-corrected chi connectivity index (χ3v) is 9.61. The van der Waals surface area contributed by atoms with Crippen LogP contribution in [0.5, 0.6) is 5.75 Å². The molecule has 0 spiro atoms. The Balaban J connectivity index is 1.18. The van der Waals surface area contributed by atoms with Crippen LogP contribution in [0.1, 0.15) is 0 Å². The van der Waals surface area contributed by atoms with E-state index in [0.29, 0.717) is 0 Å². The standard InChI is InChI=1S/C46H33N3O/c1-47-43-28-23-34-12-7-8-16-40(34)46(43)50-31-48(37-24-21-33(22-25-37)36-20-19-32-11-5-6-13-35(32)29-36)39-26-27-42-41-17-9-10-18-44(41)49(45(42)30-39)38-14-3-2-4-15-38/h2-30H,1,31H2. The second kappa shape index (κ2) is 12.4. The lowest BCUT2D eigenvalue weighted by atomic mass is 10.0. The highest BCUT2D eigenvalue weighted by molar-refractivity contribution is 6.10. The summed E-state index contributed by atoms with van der Waals surface area (Å²) in [5.74, 6) is 0.718. The maximum atomic E-state index is 6.75. The zero-order valence-electron chi connectivity index (χ0n) is 27.4. The van der Waals surface area contributed by atoms with Gasteiger partial charge in [0.1, 0.15) is 5.69 Å². The average molecular weight is 644 g/mol. The first-order valence-corrected chi connectivity index (χ1v) is 16.8. The number of aromatic nitrogens is 1. The number of nitrogens with zero attached hydrogens (tertiary/aromatic N) is 3. The highest BCUT2D eigenvalue weighted by Gasteiger charge is 2.18. The van der Waals surface area contributed by atoms with E-state index >= 15 is 0 Å². The van der Waals surface area contributed by atoms with Gasteiger partial charge in [0.2, 0.25) is 0 Å². The Hall–Kier alpha value is -6.65. The fourth-order valence-corrected chi connectivity index (χ4v) is 7.12. The number of para-hydroxylation sites is 2. The molecule has 0 bridgehead atoms. The van der Waals surface area contributed by atoms with Gasteiger partial charge in [-0.1, -0.05) is 121 Å². The van der Waals surface area contributed by atoms with Gasteiger partial charge in [-0.25, -0.2) is 0 Å². The van der Waals surface area contributed by atoms with Crippen molar-refractivity contribution in [2.45, 2.75) is 0 Å². The Morgan fingerprint density at radius 3 is 1.96 bits per heavy atom. The quantitative estimate of drug-likeness (QED) is 0.122. The van der Waals surface area contributed by atoms with Crippen molar-refractivity contribution in [3.63, 3.8) is 0 Å². The summed E-state index contributed by atoms with van der Waals surface area (Å²) in [5.41, 5.74) is 8.52. The Labute approximate surface area is 290 Å². The first kappa shape index (κ1) is 29.5. The van der Waals surface area contributed by atoms with Crippen LogP contribution in [-0.4, -0.2) is 18.0 Å². The lowest BCUT2D eigenvalue weighted by molar-refractivity contribution is 0.332. The normalized spacial score (nSPS) is 11.4. The molecular weight excluding hydrogens is 611 g/mol. The Bertz CT molecular complexity index is 2680. The van der Waals surface area contributed by atoms with E-state index in [-0.39, 0.29) is 6.73 Å². The van der Waals surface area contributed by atoms with Gasteiger partial charge in [-0.3, -0.25) is 4.99 Å². The van der Waals surface area contributed by atoms with Crippen LogP contribution in [0.3, 0.4) is 0 Å². The molecular formula is C46H33N3O. The minimum absolute atomic E-state index is 0.267. The molecule has 0 N–H and O–H groups in total. The van der Waals surface area contributed by atoms with E-state index in [1.54, 1.807) is 0 Å². The molecule has 4 heteroatoms. The smallest absolute Gasteiger partial charge is 0.165 e. The predicted octanol–water partition coefficient (Wildman–Crippen LogP) is 12.3. The maximum absolute atomic E-state index is 6.75. The second-order valence-electron chi connectivity index (χ2n) is 12.5. The van der Waals surface area contributed by atoms with Gasteiger partial charge in [-0.15, -0.1) is 0 Å². The summed E-state index contributed by atoms with van der Waals surface area (Å²) in [6.45, 7) is 4.11. The van der Waals surface area contributed by atoms with Crippen LogP contribution in [0, 0.1) is 0 Å². The lowest BCUT2D eigenvalue weighted by Gasteiger charge is -2.26. The number of fused-ring (bicyclic) bond motifs is 5. The summed E-state index contributed by atoms with van der Waals surface area (Å²) >= 11 is 0. The molecule has 50 heavy (non-hydrogen) atoms. The first-order valence-electron chi connectivity index (χ1n) is 16.8. The zero-order chi connectivity index (χ0) is 33.4. The molecule has 0 saturated carbocycles. The summed E-state index contributed by atoms with van der Waals surface area (Å²) in [6.07, 6.45) is 0. The highest BCUT2D eigenvalue weighted by atomic mass is 16.5. The Morgan fingerprint density at radius 1 is 0.500 bits per heavy atom. The van der Waals surface area contributed by atoms with E-state index in [4.69, 9.17) is 4.74 Å². The number of hydrogen-bond acceptors (Lipinski definition) is 3. The maximum Gasteiger partial charge on any atom is 0.165 e. The van der Waals surface area contributed by atoms with E-state index in [1.165, 1.54) is 32.6 Å². The van der Waals surface area contributed by atoms with E-state index < -0.39 is 0 Å². The van der Waals surface area contributed by atoms with Crippen molar-refractivity contribution in [1.29, 1.82) is 0 Å². The van der Waals surface area contributed by atoms with Crippen LogP contribution in [-0.2, 0) is 0 Å². The fraction of sp³-hybridized carbons (Fsp3) is 0.0217. The molecule has 0 saturated heterocycles. The molecule has 0 fully saturated rings. The SMILES string of the molecule is C=Nc1ccc2ccccc2c1OCN(c1ccc(-c2ccc3ccccc3c2)cc1)c1ccc2c3ccccc3n(-c3ccccc3)c2c1. The molecule has 0 unspecified atom stereocenters. The number of aliphatic imine (C=N–C) groups is 1. The first-order chi connectivity index (χ1) is 24.7. The summed E-state index contributed by atoms with van der Waals surface area (Å²) in [7, 11) is 0. The topological polar surface area (TPSA) is 29.8 Å². The van der Waals surface area contributed by atoms with Gasteiger partial charge in [0.25, 0.3) is 0 Å². The molecule has 0 aliphatic carbocycles. The number of rotatable bonds is 8. The summed E-state index contributed by atoms with van der Waals surface area (Å²) in [4.78, 5) is 6.55. The van der Waals surface area contributed by atoms with Gasteiger partial charge in [-0.05, 0) is 88.6 Å². The van der Waals surface area contributed by atoms with Crippen molar-refractivity contribution in [3.8, 4) is 22.6 Å². The van der Waals surface area contributed by atoms with Crippen LogP contribution < -0.4 is 9.64 Å². The lowest BCUT2D eigenvalue weighted by Crippen LogP contribution is -2.23. The van der Waals surface area contributed by atoms with Crippen LogP contribution in [0.2, 0.25) is 0 Å². The molecule has 1 heterocycles. The Kier molecular flexibility index (Phi) is 7.33. The fourth-order valence-electron chi connectivity index (χ4n) is 7.12. The molecule has 4 nitrogen and oxygen atoms in total. The van der Waals surface area contributed by atoms with Crippen LogP contribution >= 0.6 is 0 Å². The molecule has 0 aliphatic rings. The van der Waals surface area contributed by atoms with Gasteiger partial charge < -0.3 is 14.2 Å². The molecule has 1 aromatic heterocycles. The minimum Gasteiger partial charge on any atom is -0.470 e. The van der Waals surface area contributed by atoms with Crippen molar-refractivity contribution in [3.05, 3.63) is 176 Å². The molecule has 0 amide bonds.